The Balaban J connectivity index is 2.19. The number of aromatic nitrogens is 2. The molecular weight excluding hydrogens is 353 g/mol. The number of nitrogens with zero attached hydrogens (tertiary/aromatic N) is 2. The highest BCUT2D eigenvalue weighted by atomic mass is 127. The molecule has 3 nitrogen and oxygen atoms in total. The second-order valence-electron chi connectivity index (χ2n) is 3.36. The molecule has 0 aromatic carbocycles. The van der Waals surface area contributed by atoms with E-state index in [0.717, 1.165) is 16.6 Å². The molecule has 0 aliphatic rings. The fourth-order valence-electron chi connectivity index (χ4n) is 1.34. The first-order chi connectivity index (χ1) is 7.70. The van der Waals surface area contributed by atoms with Crippen LogP contribution in [0.2, 0.25) is 0 Å². The van der Waals surface area contributed by atoms with Gasteiger partial charge in [0.15, 0.2) is 0 Å². The van der Waals surface area contributed by atoms with Gasteiger partial charge in [-0.25, -0.2) is 0 Å². The first kappa shape index (κ1) is 12.4. The van der Waals surface area contributed by atoms with Crippen molar-refractivity contribution in [1.29, 1.82) is 0 Å². The average Bonchev–Trinajstić information content (AvgIpc) is 2.85. The molecule has 0 amide bonds. The second-order valence-corrected chi connectivity index (χ2v) is 7.18. The number of nitrogens with one attached hydrogen (secondary N) is 1. The summed E-state index contributed by atoms with van der Waals surface area (Å²) in [4.78, 5) is 0. The molecule has 0 spiro atoms. The fraction of sp³-hybridized carbons (Fsp3) is 0.400. The van der Waals surface area contributed by atoms with Crippen LogP contribution in [0.5, 0.6) is 0 Å². The van der Waals surface area contributed by atoms with Crippen LogP contribution in [-0.2, 0) is 0 Å². The lowest BCUT2D eigenvalue weighted by Crippen LogP contribution is -2.17. The standard InChI is InChI=1S/C10H12IN3S2/c1-3-12-6(2)9-13-14-10(16-9)7-4-8(11)15-5-7/h4-6,12H,3H2,1-2H3. The van der Waals surface area contributed by atoms with Gasteiger partial charge in [-0.05, 0) is 42.1 Å². The maximum absolute atomic E-state index is 4.23. The Morgan fingerprint density at radius 3 is 2.94 bits per heavy atom. The summed E-state index contributed by atoms with van der Waals surface area (Å²) >= 11 is 5.73. The highest BCUT2D eigenvalue weighted by Crippen LogP contribution is 2.30. The molecule has 16 heavy (non-hydrogen) atoms. The molecule has 0 aliphatic heterocycles. The number of halogens is 1. The summed E-state index contributed by atoms with van der Waals surface area (Å²) in [5, 5.41) is 16.0. The lowest BCUT2D eigenvalue weighted by molar-refractivity contribution is 0.590. The molecule has 2 aromatic rings. The smallest absolute Gasteiger partial charge is 0.148 e. The van der Waals surface area contributed by atoms with Crippen LogP contribution in [0, 0.1) is 2.88 Å². The van der Waals surface area contributed by atoms with Crippen molar-refractivity contribution in [3.05, 3.63) is 19.3 Å². The van der Waals surface area contributed by atoms with Gasteiger partial charge in [0.05, 0.1) is 8.93 Å². The van der Waals surface area contributed by atoms with E-state index in [9.17, 15) is 0 Å². The molecule has 0 bridgehead atoms. The molecule has 1 N–H and O–H groups in total. The Labute approximate surface area is 116 Å². The zero-order valence-electron chi connectivity index (χ0n) is 9.03. The van der Waals surface area contributed by atoms with Crippen LogP contribution in [0.25, 0.3) is 10.6 Å². The topological polar surface area (TPSA) is 37.8 Å². The third-order valence-electron chi connectivity index (χ3n) is 2.14. The van der Waals surface area contributed by atoms with E-state index in [2.05, 4.69) is 63.4 Å². The van der Waals surface area contributed by atoms with E-state index >= 15 is 0 Å². The van der Waals surface area contributed by atoms with Gasteiger partial charge < -0.3 is 5.32 Å². The molecular formula is C10H12IN3S2. The van der Waals surface area contributed by atoms with Crippen molar-refractivity contribution < 1.29 is 0 Å². The molecule has 2 aromatic heterocycles. The van der Waals surface area contributed by atoms with E-state index in [1.54, 1.807) is 22.7 Å². The van der Waals surface area contributed by atoms with Gasteiger partial charge in [0.2, 0.25) is 0 Å². The van der Waals surface area contributed by atoms with Crippen molar-refractivity contribution in [2.75, 3.05) is 6.54 Å². The van der Waals surface area contributed by atoms with Crippen molar-refractivity contribution in [3.63, 3.8) is 0 Å². The largest absolute Gasteiger partial charge is 0.308 e. The quantitative estimate of drug-likeness (QED) is 0.843. The van der Waals surface area contributed by atoms with E-state index in [0.29, 0.717) is 0 Å². The summed E-state index contributed by atoms with van der Waals surface area (Å²) in [5.74, 6) is 0. The van der Waals surface area contributed by atoms with Crippen molar-refractivity contribution in [1.82, 2.24) is 15.5 Å². The summed E-state index contributed by atoms with van der Waals surface area (Å²) in [6.45, 7) is 5.16. The summed E-state index contributed by atoms with van der Waals surface area (Å²) in [6.07, 6.45) is 0. The molecule has 6 heteroatoms. The van der Waals surface area contributed by atoms with Crippen molar-refractivity contribution in [2.24, 2.45) is 0 Å². The average molecular weight is 365 g/mol. The van der Waals surface area contributed by atoms with Gasteiger partial charge in [-0.3, -0.25) is 0 Å². The van der Waals surface area contributed by atoms with E-state index in [1.165, 1.54) is 8.45 Å². The second kappa shape index (κ2) is 5.52. The molecule has 2 rings (SSSR count). The van der Waals surface area contributed by atoms with Crippen LogP contribution in [-0.4, -0.2) is 16.7 Å². The number of thiophene rings is 1. The van der Waals surface area contributed by atoms with E-state index in [-0.39, 0.29) is 6.04 Å². The highest BCUT2D eigenvalue weighted by molar-refractivity contribution is 14.1. The predicted molar refractivity (Wildman–Crippen MR) is 78.0 cm³/mol. The molecule has 1 unspecified atom stereocenters. The maximum Gasteiger partial charge on any atom is 0.148 e. The minimum Gasteiger partial charge on any atom is -0.308 e. The van der Waals surface area contributed by atoms with Gasteiger partial charge in [0.25, 0.3) is 0 Å². The molecule has 0 aliphatic carbocycles. The van der Waals surface area contributed by atoms with E-state index < -0.39 is 0 Å². The number of rotatable bonds is 4. The van der Waals surface area contributed by atoms with E-state index in [4.69, 9.17) is 0 Å². The summed E-state index contributed by atoms with van der Waals surface area (Å²) < 4.78 is 1.28. The van der Waals surface area contributed by atoms with Crippen LogP contribution in [0.1, 0.15) is 24.9 Å². The summed E-state index contributed by atoms with van der Waals surface area (Å²) in [5.41, 5.74) is 1.18. The van der Waals surface area contributed by atoms with Gasteiger partial charge in [-0.15, -0.1) is 21.5 Å². The maximum atomic E-state index is 4.23. The van der Waals surface area contributed by atoms with Crippen molar-refractivity contribution >= 4 is 45.3 Å². The molecule has 0 fully saturated rings. The molecule has 0 saturated carbocycles. The number of hydrogen-bond donors (Lipinski definition) is 1. The Morgan fingerprint density at radius 2 is 2.31 bits per heavy atom. The SMILES string of the molecule is CCNC(C)c1nnc(-c2csc(I)c2)s1. The third-order valence-corrected chi connectivity index (χ3v) is 5.08. The zero-order valence-corrected chi connectivity index (χ0v) is 12.8. The van der Waals surface area contributed by atoms with Crippen LogP contribution >= 0.6 is 45.3 Å². The van der Waals surface area contributed by atoms with Crippen molar-refractivity contribution in [3.8, 4) is 10.6 Å². The first-order valence-corrected chi connectivity index (χ1v) is 7.79. The summed E-state index contributed by atoms with van der Waals surface area (Å²) in [7, 11) is 0. The van der Waals surface area contributed by atoms with Gasteiger partial charge >= 0.3 is 0 Å². The third kappa shape index (κ3) is 2.79. The monoisotopic (exact) mass is 365 g/mol. The summed E-state index contributed by atoms with van der Waals surface area (Å²) in [6, 6.07) is 2.43. The van der Waals surface area contributed by atoms with Crippen LogP contribution in [0.3, 0.4) is 0 Å². The number of hydrogen-bond acceptors (Lipinski definition) is 5. The Bertz CT molecular complexity index is 466. The highest BCUT2D eigenvalue weighted by Gasteiger charge is 2.12. The van der Waals surface area contributed by atoms with Gasteiger partial charge in [-0.2, -0.15) is 0 Å². The fourth-order valence-corrected chi connectivity index (χ4v) is 3.60. The van der Waals surface area contributed by atoms with Gasteiger partial charge in [0, 0.05) is 10.9 Å². The zero-order chi connectivity index (χ0) is 11.5. The first-order valence-electron chi connectivity index (χ1n) is 5.02. The Kier molecular flexibility index (Phi) is 4.28. The molecule has 0 saturated heterocycles. The lowest BCUT2D eigenvalue weighted by Gasteiger charge is -2.06. The van der Waals surface area contributed by atoms with Crippen LogP contribution in [0.4, 0.5) is 0 Å². The Hall–Kier alpha value is -0.0500. The molecule has 0 radical (unpaired) electrons. The normalized spacial score (nSPS) is 12.9. The molecule has 1 atom stereocenters. The lowest BCUT2D eigenvalue weighted by atomic mass is 10.3. The predicted octanol–water partition coefficient (Wildman–Crippen LogP) is 3.54. The Morgan fingerprint density at radius 1 is 1.50 bits per heavy atom. The molecule has 2 heterocycles. The molecule has 86 valence electrons. The van der Waals surface area contributed by atoms with Gasteiger partial charge in [-0.1, -0.05) is 18.3 Å². The van der Waals surface area contributed by atoms with Crippen LogP contribution in [0.15, 0.2) is 11.4 Å². The van der Waals surface area contributed by atoms with Crippen molar-refractivity contribution in [2.45, 2.75) is 19.9 Å². The minimum absolute atomic E-state index is 0.286. The minimum atomic E-state index is 0.286. The van der Waals surface area contributed by atoms with Crippen LogP contribution < -0.4 is 5.32 Å². The van der Waals surface area contributed by atoms with Gasteiger partial charge in [0.1, 0.15) is 10.0 Å². The van der Waals surface area contributed by atoms with E-state index in [1.807, 2.05) is 0 Å².